The fourth-order valence-electron chi connectivity index (χ4n) is 3.48. The fourth-order valence-corrected chi connectivity index (χ4v) is 4.30. The van der Waals surface area contributed by atoms with E-state index in [2.05, 4.69) is 55.3 Å². The van der Waals surface area contributed by atoms with Gasteiger partial charge in [-0.3, -0.25) is 4.79 Å². The SMILES string of the molecule is NC(=O)c1cccc2cn(-c3ccc([C@@H]4CCCN(I)C4)cc3)nc12. The maximum absolute atomic E-state index is 11.6. The van der Waals surface area contributed by atoms with E-state index >= 15 is 0 Å². The van der Waals surface area contributed by atoms with Crippen molar-refractivity contribution in [2.75, 3.05) is 13.1 Å². The number of amides is 1. The van der Waals surface area contributed by atoms with Gasteiger partial charge in [-0.1, -0.05) is 24.3 Å². The van der Waals surface area contributed by atoms with Gasteiger partial charge >= 0.3 is 0 Å². The number of primary amides is 1. The van der Waals surface area contributed by atoms with Crippen LogP contribution in [0.25, 0.3) is 16.6 Å². The van der Waals surface area contributed by atoms with Gasteiger partial charge in [-0.15, -0.1) is 0 Å². The number of halogens is 1. The molecule has 3 aromatic rings. The number of rotatable bonds is 3. The summed E-state index contributed by atoms with van der Waals surface area (Å²) in [5.41, 5.74) is 8.91. The number of fused-ring (bicyclic) bond motifs is 1. The third kappa shape index (κ3) is 3.28. The van der Waals surface area contributed by atoms with E-state index in [1.165, 1.54) is 24.9 Å². The molecule has 0 unspecified atom stereocenters. The summed E-state index contributed by atoms with van der Waals surface area (Å²) in [5.74, 6) is 0.143. The lowest BCUT2D eigenvalue weighted by atomic mass is 9.92. The molecule has 128 valence electrons. The van der Waals surface area contributed by atoms with Crippen molar-refractivity contribution >= 4 is 39.7 Å². The van der Waals surface area contributed by atoms with E-state index in [4.69, 9.17) is 5.73 Å². The van der Waals surface area contributed by atoms with E-state index in [-0.39, 0.29) is 0 Å². The molecular weight excluding hydrogens is 427 g/mol. The molecule has 0 saturated carbocycles. The first kappa shape index (κ1) is 16.5. The molecule has 0 spiro atoms. The molecule has 1 aliphatic rings. The van der Waals surface area contributed by atoms with Crippen LogP contribution in [0.3, 0.4) is 0 Å². The van der Waals surface area contributed by atoms with Gasteiger partial charge in [0.15, 0.2) is 0 Å². The van der Waals surface area contributed by atoms with Crippen LogP contribution in [0.15, 0.2) is 48.7 Å². The predicted octanol–water partition coefficient (Wildman–Crippen LogP) is 3.65. The van der Waals surface area contributed by atoms with E-state index in [0.29, 0.717) is 17.0 Å². The van der Waals surface area contributed by atoms with Crippen molar-refractivity contribution in [3.63, 3.8) is 0 Å². The Labute approximate surface area is 160 Å². The Morgan fingerprint density at radius 2 is 2.00 bits per heavy atom. The highest BCUT2D eigenvalue weighted by Gasteiger charge is 2.19. The lowest BCUT2D eigenvalue weighted by Gasteiger charge is -2.28. The molecular formula is C19H19IN4O. The average molecular weight is 446 g/mol. The van der Waals surface area contributed by atoms with Gasteiger partial charge in [0, 0.05) is 47.5 Å². The molecule has 25 heavy (non-hydrogen) atoms. The topological polar surface area (TPSA) is 64.2 Å². The number of nitrogens with zero attached hydrogens (tertiary/aromatic N) is 3. The normalized spacial score (nSPS) is 18.5. The molecule has 0 bridgehead atoms. The zero-order chi connectivity index (χ0) is 17.4. The zero-order valence-corrected chi connectivity index (χ0v) is 15.9. The minimum absolute atomic E-state index is 0.452. The molecule has 2 heterocycles. The summed E-state index contributed by atoms with van der Waals surface area (Å²) in [6, 6.07) is 14.1. The molecule has 5 nitrogen and oxygen atoms in total. The molecule has 4 rings (SSSR count). The van der Waals surface area contributed by atoms with Crippen LogP contribution in [0.2, 0.25) is 0 Å². The van der Waals surface area contributed by atoms with E-state index in [1.807, 2.05) is 23.0 Å². The predicted molar refractivity (Wildman–Crippen MR) is 107 cm³/mol. The number of piperidine rings is 1. The van der Waals surface area contributed by atoms with Crippen molar-refractivity contribution in [1.82, 2.24) is 12.9 Å². The van der Waals surface area contributed by atoms with Gasteiger partial charge in [0.1, 0.15) is 5.52 Å². The van der Waals surface area contributed by atoms with Gasteiger partial charge in [0.05, 0.1) is 11.3 Å². The summed E-state index contributed by atoms with van der Waals surface area (Å²) in [6.45, 7) is 2.28. The highest BCUT2D eigenvalue weighted by atomic mass is 127. The number of aromatic nitrogens is 2. The molecule has 1 atom stereocenters. The van der Waals surface area contributed by atoms with Gasteiger partial charge in [-0.2, -0.15) is 5.10 Å². The van der Waals surface area contributed by atoms with Gasteiger partial charge < -0.3 is 5.73 Å². The minimum Gasteiger partial charge on any atom is -0.366 e. The molecule has 2 N–H and O–H groups in total. The van der Waals surface area contributed by atoms with Crippen LogP contribution < -0.4 is 5.73 Å². The molecule has 1 fully saturated rings. The minimum atomic E-state index is -0.452. The Balaban J connectivity index is 1.65. The average Bonchev–Trinajstić information content (AvgIpc) is 3.06. The summed E-state index contributed by atoms with van der Waals surface area (Å²) in [6.07, 6.45) is 4.42. The monoisotopic (exact) mass is 446 g/mol. The van der Waals surface area contributed by atoms with Crippen LogP contribution in [0.4, 0.5) is 0 Å². The third-order valence-corrected chi connectivity index (χ3v) is 5.68. The standard InChI is InChI=1S/C19H19IN4O/c20-23-10-2-4-14(11-23)13-6-8-16(9-7-13)24-12-15-3-1-5-17(19(21)25)18(15)22-24/h1,3,5-9,12,14H,2,4,10-11H2,(H2,21,25)/t14-/m1/s1. The molecule has 1 saturated heterocycles. The quantitative estimate of drug-likeness (QED) is 0.494. The van der Waals surface area contributed by atoms with Crippen LogP contribution in [-0.2, 0) is 0 Å². The first-order chi connectivity index (χ1) is 12.1. The van der Waals surface area contributed by atoms with Crippen LogP contribution >= 0.6 is 22.9 Å². The number of carbonyl (C=O) groups excluding carboxylic acids is 1. The summed E-state index contributed by atoms with van der Waals surface area (Å²) >= 11 is 2.41. The second-order valence-electron chi connectivity index (χ2n) is 6.48. The van der Waals surface area contributed by atoms with Crippen LogP contribution in [0.5, 0.6) is 0 Å². The number of hydrogen-bond donors (Lipinski definition) is 1. The first-order valence-electron chi connectivity index (χ1n) is 8.41. The maximum Gasteiger partial charge on any atom is 0.250 e. The second-order valence-corrected chi connectivity index (χ2v) is 7.85. The van der Waals surface area contributed by atoms with E-state index < -0.39 is 5.91 Å². The Morgan fingerprint density at radius 3 is 2.72 bits per heavy atom. The highest BCUT2D eigenvalue weighted by Crippen LogP contribution is 2.29. The van der Waals surface area contributed by atoms with Crippen LogP contribution in [0, 0.1) is 0 Å². The van der Waals surface area contributed by atoms with Crippen molar-refractivity contribution in [3.05, 3.63) is 59.8 Å². The van der Waals surface area contributed by atoms with Crippen LogP contribution in [-0.4, -0.2) is 31.9 Å². The summed E-state index contributed by atoms with van der Waals surface area (Å²) < 4.78 is 4.18. The third-order valence-electron chi connectivity index (χ3n) is 4.80. The summed E-state index contributed by atoms with van der Waals surface area (Å²) in [5, 5.41) is 5.48. The molecule has 1 aromatic heterocycles. The molecule has 0 radical (unpaired) electrons. The fraction of sp³-hybridized carbons (Fsp3) is 0.263. The Morgan fingerprint density at radius 1 is 1.20 bits per heavy atom. The molecule has 2 aromatic carbocycles. The maximum atomic E-state index is 11.6. The van der Waals surface area contributed by atoms with Crippen LogP contribution in [0.1, 0.15) is 34.7 Å². The van der Waals surface area contributed by atoms with Gasteiger partial charge in [0.25, 0.3) is 5.91 Å². The number of nitrogens with two attached hydrogens (primary N) is 1. The Hall–Kier alpha value is -1.93. The van der Waals surface area contributed by atoms with Crippen molar-refractivity contribution in [1.29, 1.82) is 0 Å². The molecule has 6 heteroatoms. The lowest BCUT2D eigenvalue weighted by molar-refractivity contribution is 0.100. The van der Waals surface area contributed by atoms with Gasteiger partial charge in [-0.25, -0.2) is 7.80 Å². The van der Waals surface area contributed by atoms with Crippen molar-refractivity contribution < 1.29 is 4.79 Å². The summed E-state index contributed by atoms with van der Waals surface area (Å²) in [4.78, 5) is 11.6. The number of benzene rings is 2. The molecule has 1 aliphatic heterocycles. The summed E-state index contributed by atoms with van der Waals surface area (Å²) in [7, 11) is 0. The molecule has 1 amide bonds. The zero-order valence-electron chi connectivity index (χ0n) is 13.7. The lowest BCUT2D eigenvalue weighted by Crippen LogP contribution is -2.26. The largest absolute Gasteiger partial charge is 0.366 e. The number of hydrogen-bond acceptors (Lipinski definition) is 3. The van der Waals surface area contributed by atoms with Crippen molar-refractivity contribution in [3.8, 4) is 5.69 Å². The van der Waals surface area contributed by atoms with Crippen molar-refractivity contribution in [2.45, 2.75) is 18.8 Å². The van der Waals surface area contributed by atoms with E-state index in [0.717, 1.165) is 17.6 Å². The van der Waals surface area contributed by atoms with Gasteiger partial charge in [0.2, 0.25) is 0 Å². The Kier molecular flexibility index (Phi) is 4.47. The molecule has 0 aliphatic carbocycles. The number of carbonyl (C=O) groups is 1. The first-order valence-corrected chi connectivity index (χ1v) is 9.37. The van der Waals surface area contributed by atoms with Gasteiger partial charge in [-0.05, 0) is 42.5 Å². The Bertz CT molecular complexity index is 919. The second kappa shape index (κ2) is 6.76. The van der Waals surface area contributed by atoms with E-state index in [9.17, 15) is 4.79 Å². The van der Waals surface area contributed by atoms with E-state index in [1.54, 1.807) is 6.07 Å². The highest BCUT2D eigenvalue weighted by molar-refractivity contribution is 14.1. The van der Waals surface area contributed by atoms with Crippen molar-refractivity contribution in [2.24, 2.45) is 5.73 Å². The smallest absolute Gasteiger partial charge is 0.250 e.